The van der Waals surface area contributed by atoms with Gasteiger partial charge in [-0.05, 0) is 54.5 Å². The number of hydrogen-bond donors (Lipinski definition) is 6. The molecule has 3 rings (SSSR count). The lowest BCUT2D eigenvalue weighted by atomic mass is 9.99. The third-order valence-corrected chi connectivity index (χ3v) is 5.21. The summed E-state index contributed by atoms with van der Waals surface area (Å²) >= 11 is 0. The maximum absolute atomic E-state index is 12.0. The lowest BCUT2D eigenvalue weighted by Crippen LogP contribution is -2.60. The molecule has 36 heavy (non-hydrogen) atoms. The third-order valence-electron chi connectivity index (χ3n) is 5.21. The monoisotopic (exact) mass is 502 g/mol. The highest BCUT2D eigenvalue weighted by Gasteiger charge is 2.45. The molecule has 0 bridgehead atoms. The topological polar surface area (TPSA) is 183 Å². The van der Waals surface area contributed by atoms with Gasteiger partial charge in [-0.3, -0.25) is 4.79 Å². The van der Waals surface area contributed by atoms with E-state index in [0.29, 0.717) is 11.1 Å². The van der Waals surface area contributed by atoms with Crippen molar-refractivity contribution in [3.05, 3.63) is 59.7 Å². The number of hydrogen-bond acceptors (Lipinski definition) is 11. The second-order valence-electron chi connectivity index (χ2n) is 8.02. The fourth-order valence-corrected chi connectivity index (χ4v) is 3.25. The van der Waals surface area contributed by atoms with E-state index in [2.05, 4.69) is 0 Å². The standard InChI is InChI=1S/C25H26O11/c1-13(26)2-3-14-5-8-19(18(29)11-14)35-25-24(33)23(32)22(31)20(36-25)12-34-21(30)9-6-15-4-7-16(27)17(28)10-15/h2-11,20,22-25,27-29,31-33H,12H2,1H3/t20-,22-,23+,24-,25-/m1/s1. The molecule has 11 heteroatoms. The van der Waals surface area contributed by atoms with Crippen molar-refractivity contribution < 1.29 is 54.4 Å². The molecule has 11 nitrogen and oxygen atoms in total. The minimum atomic E-state index is -1.71. The van der Waals surface area contributed by atoms with Crippen molar-refractivity contribution in [2.24, 2.45) is 0 Å². The predicted molar refractivity (Wildman–Crippen MR) is 125 cm³/mol. The van der Waals surface area contributed by atoms with Crippen molar-refractivity contribution in [3.63, 3.8) is 0 Å². The van der Waals surface area contributed by atoms with Gasteiger partial charge >= 0.3 is 5.97 Å². The van der Waals surface area contributed by atoms with Crippen LogP contribution in [0, 0.1) is 0 Å². The summed E-state index contributed by atoms with van der Waals surface area (Å²) in [6.07, 6.45) is -2.64. The summed E-state index contributed by atoms with van der Waals surface area (Å²) in [5, 5.41) is 59.7. The van der Waals surface area contributed by atoms with Crippen molar-refractivity contribution >= 4 is 23.9 Å². The Kier molecular flexibility index (Phi) is 8.67. The first kappa shape index (κ1) is 26.7. The molecule has 1 fully saturated rings. The Labute approximate surface area is 205 Å². The third kappa shape index (κ3) is 6.83. The molecule has 1 heterocycles. The first-order valence-corrected chi connectivity index (χ1v) is 10.8. The first-order chi connectivity index (χ1) is 17.0. The van der Waals surface area contributed by atoms with Gasteiger partial charge in [0.25, 0.3) is 0 Å². The van der Waals surface area contributed by atoms with Crippen molar-refractivity contribution in [2.45, 2.75) is 37.6 Å². The van der Waals surface area contributed by atoms with Gasteiger partial charge in [0.2, 0.25) is 6.29 Å². The Hall–Kier alpha value is -3.90. The van der Waals surface area contributed by atoms with Crippen LogP contribution in [-0.4, -0.2) is 79.7 Å². The summed E-state index contributed by atoms with van der Waals surface area (Å²) in [5.74, 6) is -2.11. The Morgan fingerprint density at radius 1 is 0.861 bits per heavy atom. The maximum Gasteiger partial charge on any atom is 0.330 e. The normalized spacial score (nSPS) is 24.2. The highest BCUT2D eigenvalue weighted by atomic mass is 16.7. The number of aromatic hydroxyl groups is 3. The second kappa shape index (κ2) is 11.7. The highest BCUT2D eigenvalue weighted by molar-refractivity contribution is 5.91. The molecule has 6 N–H and O–H groups in total. The van der Waals surface area contributed by atoms with Gasteiger partial charge in [0.05, 0.1) is 0 Å². The molecule has 0 aliphatic carbocycles. The van der Waals surface area contributed by atoms with Crippen molar-refractivity contribution in [1.29, 1.82) is 0 Å². The molecule has 0 radical (unpaired) electrons. The zero-order valence-corrected chi connectivity index (χ0v) is 19.1. The molecule has 1 aliphatic heterocycles. The largest absolute Gasteiger partial charge is 0.504 e. The lowest BCUT2D eigenvalue weighted by molar-refractivity contribution is -0.278. The average Bonchev–Trinajstić information content (AvgIpc) is 2.84. The van der Waals surface area contributed by atoms with Gasteiger partial charge in [0, 0.05) is 6.08 Å². The number of carbonyl (C=O) groups excluding carboxylic acids is 2. The van der Waals surface area contributed by atoms with E-state index in [-0.39, 0.29) is 28.8 Å². The first-order valence-electron chi connectivity index (χ1n) is 10.8. The van der Waals surface area contributed by atoms with Crippen LogP contribution in [0.15, 0.2) is 48.6 Å². The number of benzene rings is 2. The number of ether oxygens (including phenoxy) is 3. The molecule has 0 amide bonds. The number of aliphatic hydroxyl groups is 3. The smallest absolute Gasteiger partial charge is 0.330 e. The molecule has 1 aliphatic rings. The van der Waals surface area contributed by atoms with Gasteiger partial charge in [-0.1, -0.05) is 18.2 Å². The molecular weight excluding hydrogens is 476 g/mol. The summed E-state index contributed by atoms with van der Waals surface area (Å²) in [7, 11) is 0. The summed E-state index contributed by atoms with van der Waals surface area (Å²) in [5.41, 5.74) is 0.918. The molecule has 2 aromatic rings. The van der Waals surface area contributed by atoms with Gasteiger partial charge in [-0.2, -0.15) is 0 Å². The number of phenolic OH excluding ortho intramolecular Hbond substituents is 3. The SMILES string of the molecule is CC(=O)C=Cc1ccc(O[C@@H]2O[C@H](COC(=O)C=Cc3ccc(O)c(O)c3)[C@@H](O)[C@H](O)[C@H]2O)c(O)c1. The quantitative estimate of drug-likeness (QED) is 0.171. The van der Waals surface area contributed by atoms with Crippen LogP contribution in [0.2, 0.25) is 0 Å². The van der Waals surface area contributed by atoms with E-state index in [1.807, 2.05) is 0 Å². The van der Waals surface area contributed by atoms with Crippen molar-refractivity contribution in [3.8, 4) is 23.0 Å². The summed E-state index contributed by atoms with van der Waals surface area (Å²) < 4.78 is 16.0. The molecule has 192 valence electrons. The predicted octanol–water partition coefficient (Wildman–Crippen LogP) is 0.849. The van der Waals surface area contributed by atoms with Crippen LogP contribution >= 0.6 is 0 Å². The van der Waals surface area contributed by atoms with Gasteiger partial charge in [-0.15, -0.1) is 0 Å². The number of carbonyl (C=O) groups is 2. The van der Waals surface area contributed by atoms with Crippen molar-refractivity contribution in [1.82, 2.24) is 0 Å². The maximum atomic E-state index is 12.0. The molecule has 0 spiro atoms. The molecule has 0 unspecified atom stereocenters. The average molecular weight is 502 g/mol. The van der Waals surface area contributed by atoms with Gasteiger partial charge < -0.3 is 44.8 Å². The van der Waals surface area contributed by atoms with Gasteiger partial charge in [0.1, 0.15) is 31.0 Å². The molecular formula is C25H26O11. The van der Waals surface area contributed by atoms with E-state index in [4.69, 9.17) is 14.2 Å². The number of esters is 1. The van der Waals surface area contributed by atoms with Gasteiger partial charge in [-0.25, -0.2) is 4.79 Å². The van der Waals surface area contributed by atoms with E-state index >= 15 is 0 Å². The van der Waals surface area contributed by atoms with Crippen molar-refractivity contribution in [2.75, 3.05) is 6.61 Å². The molecule has 0 saturated carbocycles. The zero-order valence-electron chi connectivity index (χ0n) is 19.1. The Bertz CT molecular complexity index is 1160. The van der Waals surface area contributed by atoms with Crippen LogP contribution in [0.1, 0.15) is 18.1 Å². The van der Waals surface area contributed by atoms with Crippen LogP contribution in [0.4, 0.5) is 0 Å². The van der Waals surface area contributed by atoms with Crippen LogP contribution in [0.3, 0.4) is 0 Å². The number of phenols is 3. The van der Waals surface area contributed by atoms with E-state index in [9.17, 15) is 40.2 Å². The number of ketones is 1. The minimum Gasteiger partial charge on any atom is -0.504 e. The van der Waals surface area contributed by atoms with E-state index < -0.39 is 43.3 Å². The highest BCUT2D eigenvalue weighted by Crippen LogP contribution is 2.31. The number of rotatable bonds is 8. The van der Waals surface area contributed by atoms with Crippen LogP contribution in [0.25, 0.3) is 12.2 Å². The van der Waals surface area contributed by atoms with Gasteiger partial charge in [0.15, 0.2) is 28.8 Å². The van der Waals surface area contributed by atoms with E-state index in [1.54, 1.807) is 0 Å². The molecule has 5 atom stereocenters. The fourth-order valence-electron chi connectivity index (χ4n) is 3.25. The van der Waals surface area contributed by atoms with Crippen LogP contribution in [0.5, 0.6) is 23.0 Å². The number of allylic oxidation sites excluding steroid dienone is 1. The second-order valence-corrected chi connectivity index (χ2v) is 8.02. The summed E-state index contributed by atoms with van der Waals surface area (Å²) in [6.45, 7) is 0.871. The Balaban J connectivity index is 1.62. The summed E-state index contributed by atoms with van der Waals surface area (Å²) in [4.78, 5) is 23.1. The fraction of sp³-hybridized carbons (Fsp3) is 0.280. The number of aliphatic hydroxyl groups excluding tert-OH is 3. The molecule has 1 saturated heterocycles. The lowest BCUT2D eigenvalue weighted by Gasteiger charge is -2.39. The van der Waals surface area contributed by atoms with E-state index in [0.717, 1.165) is 6.08 Å². The minimum absolute atomic E-state index is 0.0987. The molecule has 2 aromatic carbocycles. The zero-order chi connectivity index (χ0) is 26.4. The van der Waals surface area contributed by atoms with Crippen LogP contribution in [-0.2, 0) is 19.1 Å². The Morgan fingerprint density at radius 2 is 1.50 bits per heavy atom. The molecule has 0 aromatic heterocycles. The van der Waals surface area contributed by atoms with E-state index in [1.165, 1.54) is 61.5 Å². The van der Waals surface area contributed by atoms with Crippen LogP contribution < -0.4 is 4.74 Å². The summed E-state index contributed by atoms with van der Waals surface area (Å²) in [6, 6.07) is 8.14. The Morgan fingerprint density at radius 3 is 2.14 bits per heavy atom.